The second kappa shape index (κ2) is 9.10. The van der Waals surface area contributed by atoms with E-state index in [-0.39, 0.29) is 5.91 Å². The van der Waals surface area contributed by atoms with Gasteiger partial charge in [0.25, 0.3) is 5.91 Å². The zero-order valence-electron chi connectivity index (χ0n) is 15.0. The van der Waals surface area contributed by atoms with E-state index >= 15 is 0 Å². The van der Waals surface area contributed by atoms with Crippen molar-refractivity contribution in [2.75, 3.05) is 24.3 Å². The van der Waals surface area contributed by atoms with Crippen molar-refractivity contribution in [1.29, 1.82) is 0 Å². The minimum absolute atomic E-state index is 0.221. The zero-order valence-corrected chi connectivity index (χ0v) is 15.8. The number of carbonyl (C=O) groups is 1. The summed E-state index contributed by atoms with van der Waals surface area (Å²) in [6, 6.07) is 22.7. The van der Waals surface area contributed by atoms with Crippen LogP contribution in [0, 0.1) is 0 Å². The fraction of sp³-hybridized carbons (Fsp3) is 0.136. The summed E-state index contributed by atoms with van der Waals surface area (Å²) >= 11 is 6.06. The molecule has 0 fully saturated rings. The fourth-order valence-electron chi connectivity index (χ4n) is 2.66. The van der Waals surface area contributed by atoms with Gasteiger partial charge < -0.3 is 15.4 Å². The molecule has 138 valence electrons. The quantitative estimate of drug-likeness (QED) is 0.588. The van der Waals surface area contributed by atoms with E-state index < -0.39 is 0 Å². The maximum absolute atomic E-state index is 12.3. The first-order chi connectivity index (χ1) is 13.2. The van der Waals surface area contributed by atoms with Gasteiger partial charge >= 0.3 is 0 Å². The van der Waals surface area contributed by atoms with Gasteiger partial charge in [-0.15, -0.1) is 0 Å². The van der Waals surface area contributed by atoms with Gasteiger partial charge in [-0.1, -0.05) is 35.9 Å². The van der Waals surface area contributed by atoms with E-state index in [1.807, 2.05) is 36.4 Å². The van der Waals surface area contributed by atoms with Gasteiger partial charge in [-0.3, -0.25) is 4.79 Å². The summed E-state index contributed by atoms with van der Waals surface area (Å²) in [5.74, 6) is 0.641. The highest BCUT2D eigenvalue weighted by atomic mass is 35.5. The van der Waals surface area contributed by atoms with E-state index in [0.717, 1.165) is 30.1 Å². The average molecular weight is 381 g/mol. The monoisotopic (exact) mass is 380 g/mol. The van der Waals surface area contributed by atoms with Crippen LogP contribution in [0.2, 0.25) is 5.02 Å². The number of carbonyl (C=O) groups excluding carboxylic acids is 1. The summed E-state index contributed by atoms with van der Waals surface area (Å²) in [4.78, 5) is 12.3. The molecule has 0 aromatic heterocycles. The molecule has 3 aromatic carbocycles. The van der Waals surface area contributed by atoms with Crippen molar-refractivity contribution in [1.82, 2.24) is 0 Å². The van der Waals surface area contributed by atoms with Crippen LogP contribution in [0.4, 0.5) is 11.4 Å². The number of methoxy groups -OCH3 is 1. The highest BCUT2D eigenvalue weighted by molar-refractivity contribution is 6.34. The Kier molecular flexibility index (Phi) is 6.34. The van der Waals surface area contributed by atoms with Crippen LogP contribution in [0.1, 0.15) is 15.9 Å². The lowest BCUT2D eigenvalue weighted by atomic mass is 10.1. The third-order valence-corrected chi connectivity index (χ3v) is 4.49. The van der Waals surface area contributed by atoms with Crippen LogP contribution in [0.3, 0.4) is 0 Å². The summed E-state index contributed by atoms with van der Waals surface area (Å²) in [7, 11) is 1.66. The third kappa shape index (κ3) is 5.25. The molecular weight excluding hydrogens is 360 g/mol. The van der Waals surface area contributed by atoms with E-state index in [0.29, 0.717) is 10.6 Å². The minimum atomic E-state index is -0.221. The molecule has 27 heavy (non-hydrogen) atoms. The maximum atomic E-state index is 12.3. The lowest BCUT2D eigenvalue weighted by Crippen LogP contribution is -2.12. The Labute approximate surface area is 164 Å². The minimum Gasteiger partial charge on any atom is -0.497 e. The molecule has 0 saturated heterocycles. The van der Waals surface area contributed by atoms with Crippen molar-refractivity contribution in [2.45, 2.75) is 6.42 Å². The summed E-state index contributed by atoms with van der Waals surface area (Å²) in [6.07, 6.45) is 0.912. The first-order valence-corrected chi connectivity index (χ1v) is 9.06. The van der Waals surface area contributed by atoms with E-state index in [4.69, 9.17) is 16.3 Å². The molecule has 5 heteroatoms. The lowest BCUT2D eigenvalue weighted by molar-refractivity contribution is 0.102. The molecule has 0 saturated carbocycles. The molecule has 3 aromatic rings. The smallest absolute Gasteiger partial charge is 0.257 e. The number of nitrogens with one attached hydrogen (secondary N) is 2. The van der Waals surface area contributed by atoms with E-state index in [9.17, 15) is 4.79 Å². The predicted molar refractivity (Wildman–Crippen MR) is 111 cm³/mol. The lowest BCUT2D eigenvalue weighted by Gasteiger charge is -2.10. The number of anilines is 2. The molecule has 0 aliphatic heterocycles. The Hall–Kier alpha value is -2.98. The Morgan fingerprint density at radius 2 is 1.59 bits per heavy atom. The first-order valence-electron chi connectivity index (χ1n) is 8.68. The van der Waals surface area contributed by atoms with Gasteiger partial charge in [0.2, 0.25) is 0 Å². The molecule has 4 nitrogen and oxygen atoms in total. The van der Waals surface area contributed by atoms with Crippen molar-refractivity contribution in [2.24, 2.45) is 0 Å². The highest BCUT2D eigenvalue weighted by Gasteiger charge is 2.09. The van der Waals surface area contributed by atoms with E-state index in [1.54, 1.807) is 31.4 Å². The van der Waals surface area contributed by atoms with Gasteiger partial charge in [0.05, 0.1) is 17.7 Å². The van der Waals surface area contributed by atoms with Gasteiger partial charge in [-0.2, -0.15) is 0 Å². The number of amides is 1. The molecule has 1 amide bonds. The topological polar surface area (TPSA) is 50.4 Å². The molecule has 0 heterocycles. The number of halogens is 1. The number of rotatable bonds is 7. The van der Waals surface area contributed by atoms with Crippen LogP contribution in [0.5, 0.6) is 5.75 Å². The molecule has 0 unspecified atom stereocenters. The highest BCUT2D eigenvalue weighted by Crippen LogP contribution is 2.19. The second-order valence-corrected chi connectivity index (χ2v) is 6.44. The van der Waals surface area contributed by atoms with Crippen LogP contribution in [-0.2, 0) is 6.42 Å². The van der Waals surface area contributed by atoms with E-state index in [2.05, 4.69) is 22.8 Å². The Balaban J connectivity index is 1.51. The maximum Gasteiger partial charge on any atom is 0.257 e. The molecule has 0 aliphatic carbocycles. The Bertz CT molecular complexity index is 893. The van der Waals surface area contributed by atoms with Crippen LogP contribution in [0.25, 0.3) is 0 Å². The normalized spacial score (nSPS) is 10.3. The fourth-order valence-corrected chi connectivity index (χ4v) is 2.88. The number of benzene rings is 3. The SMILES string of the molecule is COc1ccc(CCNc2ccc(NC(=O)c3ccccc3Cl)cc2)cc1. The first kappa shape index (κ1) is 18.8. The van der Waals surface area contributed by atoms with Gasteiger partial charge in [-0.25, -0.2) is 0 Å². The number of hydrogen-bond acceptors (Lipinski definition) is 3. The summed E-state index contributed by atoms with van der Waals surface area (Å²) in [5, 5.41) is 6.67. The van der Waals surface area contributed by atoms with Gasteiger partial charge in [0.15, 0.2) is 0 Å². The van der Waals surface area contributed by atoms with Crippen molar-refractivity contribution in [3.63, 3.8) is 0 Å². The second-order valence-electron chi connectivity index (χ2n) is 6.04. The Morgan fingerprint density at radius 3 is 2.26 bits per heavy atom. The number of ether oxygens (including phenoxy) is 1. The molecule has 0 spiro atoms. The van der Waals surface area contributed by atoms with Gasteiger partial charge in [0, 0.05) is 17.9 Å². The molecule has 0 bridgehead atoms. The van der Waals surface area contributed by atoms with Crippen molar-refractivity contribution < 1.29 is 9.53 Å². The standard InChI is InChI=1S/C22H21ClN2O2/c1-27-19-12-6-16(7-13-19)14-15-24-17-8-10-18(11-9-17)25-22(26)20-4-2-3-5-21(20)23/h2-13,24H,14-15H2,1H3,(H,25,26). The zero-order chi connectivity index (χ0) is 19.1. The van der Waals surface area contributed by atoms with Crippen molar-refractivity contribution >= 4 is 28.9 Å². The van der Waals surface area contributed by atoms with E-state index in [1.165, 1.54) is 5.56 Å². The van der Waals surface area contributed by atoms with Crippen molar-refractivity contribution in [3.8, 4) is 5.75 Å². The third-order valence-electron chi connectivity index (χ3n) is 4.16. The summed E-state index contributed by atoms with van der Waals surface area (Å²) in [6.45, 7) is 0.817. The molecule has 3 rings (SSSR count). The van der Waals surface area contributed by atoms with Crippen LogP contribution >= 0.6 is 11.6 Å². The molecule has 2 N–H and O–H groups in total. The van der Waals surface area contributed by atoms with Gasteiger partial charge in [-0.05, 0) is 60.5 Å². The molecular formula is C22H21ClN2O2. The molecule has 0 aliphatic rings. The largest absolute Gasteiger partial charge is 0.497 e. The average Bonchev–Trinajstić information content (AvgIpc) is 2.70. The summed E-state index contributed by atoms with van der Waals surface area (Å²) < 4.78 is 5.16. The molecule has 0 atom stereocenters. The summed E-state index contributed by atoms with van der Waals surface area (Å²) in [5.41, 5.74) is 3.42. The van der Waals surface area contributed by atoms with Crippen LogP contribution in [0.15, 0.2) is 72.8 Å². The van der Waals surface area contributed by atoms with Crippen LogP contribution < -0.4 is 15.4 Å². The Morgan fingerprint density at radius 1 is 0.926 bits per heavy atom. The number of hydrogen-bond donors (Lipinski definition) is 2. The molecule has 0 radical (unpaired) electrons. The van der Waals surface area contributed by atoms with Crippen molar-refractivity contribution in [3.05, 3.63) is 88.9 Å². The van der Waals surface area contributed by atoms with Gasteiger partial charge in [0.1, 0.15) is 5.75 Å². The predicted octanol–water partition coefficient (Wildman–Crippen LogP) is 5.26. The van der Waals surface area contributed by atoms with Crippen LogP contribution in [-0.4, -0.2) is 19.6 Å².